The van der Waals surface area contributed by atoms with Crippen molar-refractivity contribution in [2.45, 2.75) is 19.3 Å². The standard InChI is InChI=1S/C12H15ClN4/c13-10-5-2-1-4-9(10)8-12-15-11(16-17-12)6-3-7-14/h1-2,4-5H,3,6-8,14H2,(H,15,16,17). The molecule has 3 N–H and O–H groups in total. The van der Waals surface area contributed by atoms with Crippen LogP contribution in [-0.4, -0.2) is 21.7 Å². The molecule has 90 valence electrons. The third-order valence-electron chi connectivity index (χ3n) is 2.50. The summed E-state index contributed by atoms with van der Waals surface area (Å²) < 4.78 is 0. The number of hydrogen-bond donors (Lipinski definition) is 2. The van der Waals surface area contributed by atoms with Crippen molar-refractivity contribution in [2.24, 2.45) is 5.73 Å². The monoisotopic (exact) mass is 250 g/mol. The first-order valence-electron chi connectivity index (χ1n) is 5.63. The van der Waals surface area contributed by atoms with Crippen LogP contribution in [0, 0.1) is 0 Å². The third-order valence-corrected chi connectivity index (χ3v) is 2.87. The lowest BCUT2D eigenvalue weighted by atomic mass is 10.1. The number of nitrogens with one attached hydrogen (secondary N) is 1. The van der Waals surface area contributed by atoms with Crippen LogP contribution in [0.2, 0.25) is 5.02 Å². The van der Waals surface area contributed by atoms with Gasteiger partial charge in [0, 0.05) is 17.9 Å². The zero-order chi connectivity index (χ0) is 12.1. The Kier molecular flexibility index (Phi) is 4.12. The molecule has 2 rings (SSSR count). The Balaban J connectivity index is 2.04. The zero-order valence-electron chi connectivity index (χ0n) is 9.49. The molecule has 0 fully saturated rings. The second kappa shape index (κ2) is 5.80. The van der Waals surface area contributed by atoms with Gasteiger partial charge in [0.2, 0.25) is 0 Å². The van der Waals surface area contributed by atoms with Crippen molar-refractivity contribution in [1.29, 1.82) is 0 Å². The summed E-state index contributed by atoms with van der Waals surface area (Å²) in [5, 5.41) is 7.83. The van der Waals surface area contributed by atoms with Crippen molar-refractivity contribution in [3.05, 3.63) is 46.5 Å². The van der Waals surface area contributed by atoms with E-state index in [2.05, 4.69) is 15.2 Å². The molecule has 0 amide bonds. The average molecular weight is 251 g/mol. The van der Waals surface area contributed by atoms with Crippen molar-refractivity contribution in [1.82, 2.24) is 15.2 Å². The third kappa shape index (κ3) is 3.28. The fourth-order valence-electron chi connectivity index (χ4n) is 1.61. The molecule has 0 saturated carbocycles. The Bertz CT molecular complexity index is 481. The fraction of sp³-hybridized carbons (Fsp3) is 0.333. The van der Waals surface area contributed by atoms with Crippen LogP contribution in [0.4, 0.5) is 0 Å². The maximum absolute atomic E-state index is 6.09. The minimum Gasteiger partial charge on any atom is -0.330 e. The van der Waals surface area contributed by atoms with Gasteiger partial charge in [0.25, 0.3) is 0 Å². The highest BCUT2D eigenvalue weighted by Gasteiger charge is 2.06. The number of nitrogens with two attached hydrogens (primary N) is 1. The molecule has 0 aliphatic heterocycles. The van der Waals surface area contributed by atoms with E-state index in [1.165, 1.54) is 0 Å². The first-order chi connectivity index (χ1) is 8.29. The maximum Gasteiger partial charge on any atom is 0.150 e. The van der Waals surface area contributed by atoms with Crippen LogP contribution in [0.15, 0.2) is 24.3 Å². The molecule has 0 aliphatic carbocycles. The number of rotatable bonds is 5. The van der Waals surface area contributed by atoms with Crippen LogP contribution < -0.4 is 5.73 Å². The van der Waals surface area contributed by atoms with Gasteiger partial charge in [-0.3, -0.25) is 5.10 Å². The fourth-order valence-corrected chi connectivity index (χ4v) is 1.81. The Morgan fingerprint density at radius 1 is 1.29 bits per heavy atom. The van der Waals surface area contributed by atoms with Gasteiger partial charge in [0.15, 0.2) is 5.82 Å². The van der Waals surface area contributed by atoms with E-state index < -0.39 is 0 Å². The Labute approximate surface area is 105 Å². The summed E-state index contributed by atoms with van der Waals surface area (Å²) in [6.45, 7) is 0.661. The predicted octanol–water partition coefficient (Wildman–Crippen LogP) is 1.94. The van der Waals surface area contributed by atoms with Gasteiger partial charge in [-0.05, 0) is 24.6 Å². The molecule has 0 unspecified atom stereocenters. The molecule has 4 nitrogen and oxygen atoms in total. The van der Waals surface area contributed by atoms with E-state index >= 15 is 0 Å². The quantitative estimate of drug-likeness (QED) is 0.852. The second-order valence-electron chi connectivity index (χ2n) is 3.86. The maximum atomic E-state index is 6.09. The first-order valence-corrected chi connectivity index (χ1v) is 6.01. The number of benzene rings is 1. The average Bonchev–Trinajstić information content (AvgIpc) is 2.77. The molecule has 0 spiro atoms. The van der Waals surface area contributed by atoms with Gasteiger partial charge >= 0.3 is 0 Å². The van der Waals surface area contributed by atoms with Gasteiger partial charge in [0.05, 0.1) is 0 Å². The lowest BCUT2D eigenvalue weighted by Crippen LogP contribution is -2.01. The zero-order valence-corrected chi connectivity index (χ0v) is 10.2. The SMILES string of the molecule is NCCCc1n[nH]c(Cc2ccccc2Cl)n1. The van der Waals surface area contributed by atoms with Gasteiger partial charge in [-0.15, -0.1) is 0 Å². The van der Waals surface area contributed by atoms with Crippen LogP contribution in [0.5, 0.6) is 0 Å². The molecule has 1 heterocycles. The largest absolute Gasteiger partial charge is 0.330 e. The Morgan fingerprint density at radius 3 is 2.88 bits per heavy atom. The lowest BCUT2D eigenvalue weighted by molar-refractivity contribution is 0.785. The second-order valence-corrected chi connectivity index (χ2v) is 4.27. The molecule has 0 radical (unpaired) electrons. The molecular formula is C12H15ClN4. The minimum absolute atomic E-state index is 0.661. The van der Waals surface area contributed by atoms with E-state index in [1.54, 1.807) is 0 Å². The van der Waals surface area contributed by atoms with E-state index in [0.717, 1.165) is 35.1 Å². The number of hydrogen-bond acceptors (Lipinski definition) is 3. The molecule has 17 heavy (non-hydrogen) atoms. The molecule has 0 saturated heterocycles. The van der Waals surface area contributed by atoms with Crippen molar-refractivity contribution >= 4 is 11.6 Å². The summed E-state index contributed by atoms with van der Waals surface area (Å²) in [6, 6.07) is 7.75. The predicted molar refractivity (Wildman–Crippen MR) is 68.0 cm³/mol. The highest BCUT2D eigenvalue weighted by Crippen LogP contribution is 2.17. The van der Waals surface area contributed by atoms with E-state index in [0.29, 0.717) is 13.0 Å². The van der Waals surface area contributed by atoms with Crippen LogP contribution in [-0.2, 0) is 12.8 Å². The highest BCUT2D eigenvalue weighted by atomic mass is 35.5. The Morgan fingerprint density at radius 2 is 2.12 bits per heavy atom. The van der Waals surface area contributed by atoms with E-state index in [-0.39, 0.29) is 0 Å². The summed E-state index contributed by atoms with van der Waals surface area (Å²) in [5.74, 6) is 1.66. The van der Waals surface area contributed by atoms with Gasteiger partial charge < -0.3 is 5.73 Å². The number of aromatic nitrogens is 3. The molecule has 5 heteroatoms. The van der Waals surface area contributed by atoms with Gasteiger partial charge in [-0.2, -0.15) is 5.10 Å². The first kappa shape index (κ1) is 12.1. The van der Waals surface area contributed by atoms with Crippen molar-refractivity contribution in [3.63, 3.8) is 0 Å². The highest BCUT2D eigenvalue weighted by molar-refractivity contribution is 6.31. The van der Waals surface area contributed by atoms with E-state index in [1.807, 2.05) is 24.3 Å². The lowest BCUT2D eigenvalue weighted by Gasteiger charge is -1.99. The normalized spacial score (nSPS) is 10.7. The minimum atomic E-state index is 0.661. The molecular weight excluding hydrogens is 236 g/mol. The molecule has 0 atom stereocenters. The van der Waals surface area contributed by atoms with E-state index in [9.17, 15) is 0 Å². The van der Waals surface area contributed by atoms with Crippen LogP contribution in [0.1, 0.15) is 23.6 Å². The number of nitrogens with zero attached hydrogens (tertiary/aromatic N) is 2. The molecule has 0 bridgehead atoms. The molecule has 1 aromatic carbocycles. The van der Waals surface area contributed by atoms with Crippen molar-refractivity contribution in [3.8, 4) is 0 Å². The smallest absolute Gasteiger partial charge is 0.150 e. The summed E-state index contributed by atoms with van der Waals surface area (Å²) in [7, 11) is 0. The summed E-state index contributed by atoms with van der Waals surface area (Å²) in [4.78, 5) is 4.40. The van der Waals surface area contributed by atoms with Crippen molar-refractivity contribution < 1.29 is 0 Å². The molecule has 1 aromatic heterocycles. The van der Waals surface area contributed by atoms with Gasteiger partial charge in [0.1, 0.15) is 5.82 Å². The topological polar surface area (TPSA) is 67.6 Å². The summed E-state index contributed by atoms with van der Waals surface area (Å²) in [6.07, 6.45) is 2.40. The van der Waals surface area contributed by atoms with Crippen LogP contribution in [0.3, 0.4) is 0 Å². The van der Waals surface area contributed by atoms with Crippen LogP contribution in [0.25, 0.3) is 0 Å². The van der Waals surface area contributed by atoms with Gasteiger partial charge in [-0.1, -0.05) is 29.8 Å². The van der Waals surface area contributed by atoms with Crippen molar-refractivity contribution in [2.75, 3.05) is 6.54 Å². The molecule has 0 aliphatic rings. The van der Waals surface area contributed by atoms with Crippen LogP contribution >= 0.6 is 11.6 Å². The van der Waals surface area contributed by atoms with E-state index in [4.69, 9.17) is 17.3 Å². The number of halogens is 1. The number of H-pyrrole nitrogens is 1. The van der Waals surface area contributed by atoms with Gasteiger partial charge in [-0.25, -0.2) is 4.98 Å². The summed E-state index contributed by atoms with van der Waals surface area (Å²) in [5.41, 5.74) is 6.49. The molecule has 2 aromatic rings. The summed E-state index contributed by atoms with van der Waals surface area (Å²) >= 11 is 6.09. The number of aromatic amines is 1. The Hall–Kier alpha value is -1.39. The number of aryl methyl sites for hydroxylation is 1.